The molecule has 0 aliphatic rings. The fourth-order valence-electron chi connectivity index (χ4n) is 2.24. The quantitative estimate of drug-likeness (QED) is 0.465. The van der Waals surface area contributed by atoms with Gasteiger partial charge in [0.2, 0.25) is 0 Å². The van der Waals surface area contributed by atoms with Crippen LogP contribution in [-0.2, 0) is 14.9 Å². The summed E-state index contributed by atoms with van der Waals surface area (Å²) in [7, 11) is 0. The number of halogens is 1. The smallest absolute Gasteiger partial charge is 0.340 e. The molecule has 2 rings (SSSR count). The minimum Gasteiger partial charge on any atom is -0.452 e. The van der Waals surface area contributed by atoms with Crippen molar-refractivity contribution in [3.05, 3.63) is 68.7 Å². The molecule has 0 saturated heterocycles. The minimum absolute atomic E-state index is 0.00208. The number of anilines is 1. The highest BCUT2D eigenvalue weighted by atomic mass is 35.5. The molecule has 2 aromatic carbocycles. The maximum Gasteiger partial charge on any atom is 0.340 e. The molecule has 0 heterocycles. The van der Waals surface area contributed by atoms with Crippen LogP contribution in [0.5, 0.6) is 0 Å². The lowest BCUT2D eigenvalue weighted by molar-refractivity contribution is -0.384. The fourth-order valence-corrected chi connectivity index (χ4v) is 2.49. The lowest BCUT2D eigenvalue weighted by Crippen LogP contribution is -2.21. The van der Waals surface area contributed by atoms with E-state index in [9.17, 15) is 19.7 Å². The SMILES string of the molecule is CC(C)(C)c1ccc(NC(=O)COC(=O)c2ccc([N+](=O)[O-])cc2Cl)cc1. The Labute approximate surface area is 161 Å². The highest BCUT2D eigenvalue weighted by Gasteiger charge is 2.17. The van der Waals surface area contributed by atoms with Crippen molar-refractivity contribution in [2.24, 2.45) is 0 Å². The van der Waals surface area contributed by atoms with Gasteiger partial charge in [0.05, 0.1) is 15.5 Å². The molecular weight excluding hydrogens is 372 g/mol. The van der Waals surface area contributed by atoms with Gasteiger partial charge in [0.1, 0.15) is 0 Å². The second-order valence-electron chi connectivity index (χ2n) is 6.87. The molecule has 1 N–H and O–H groups in total. The summed E-state index contributed by atoms with van der Waals surface area (Å²) in [6.07, 6.45) is 0. The topological polar surface area (TPSA) is 98.5 Å². The molecule has 2 aromatic rings. The van der Waals surface area contributed by atoms with Crippen molar-refractivity contribution >= 4 is 34.9 Å². The van der Waals surface area contributed by atoms with E-state index >= 15 is 0 Å². The van der Waals surface area contributed by atoms with Gasteiger partial charge in [-0.15, -0.1) is 0 Å². The summed E-state index contributed by atoms with van der Waals surface area (Å²) in [6, 6.07) is 10.7. The van der Waals surface area contributed by atoms with Crippen molar-refractivity contribution in [2.45, 2.75) is 26.2 Å². The maximum absolute atomic E-state index is 12.0. The molecule has 0 fully saturated rings. The van der Waals surface area contributed by atoms with Crippen molar-refractivity contribution in [2.75, 3.05) is 11.9 Å². The highest BCUT2D eigenvalue weighted by Crippen LogP contribution is 2.24. The summed E-state index contributed by atoms with van der Waals surface area (Å²) < 4.78 is 4.92. The molecule has 0 atom stereocenters. The van der Waals surface area contributed by atoms with Gasteiger partial charge in [-0.1, -0.05) is 44.5 Å². The number of nitrogens with zero attached hydrogens (tertiary/aromatic N) is 1. The molecule has 0 aliphatic carbocycles. The molecule has 8 heteroatoms. The van der Waals surface area contributed by atoms with E-state index in [1.165, 1.54) is 6.07 Å². The Morgan fingerprint density at radius 3 is 2.30 bits per heavy atom. The molecule has 7 nitrogen and oxygen atoms in total. The lowest BCUT2D eigenvalue weighted by Gasteiger charge is -2.19. The van der Waals surface area contributed by atoms with Crippen LogP contribution in [0.25, 0.3) is 0 Å². The summed E-state index contributed by atoms with van der Waals surface area (Å²) in [4.78, 5) is 34.0. The van der Waals surface area contributed by atoms with Gasteiger partial charge in [-0.3, -0.25) is 14.9 Å². The number of nitrogens with one attached hydrogen (secondary N) is 1. The van der Waals surface area contributed by atoms with Crippen LogP contribution in [0.4, 0.5) is 11.4 Å². The largest absolute Gasteiger partial charge is 0.452 e. The molecule has 142 valence electrons. The number of rotatable bonds is 5. The van der Waals surface area contributed by atoms with E-state index in [4.69, 9.17) is 16.3 Å². The van der Waals surface area contributed by atoms with Gasteiger partial charge in [-0.2, -0.15) is 0 Å². The Bertz CT molecular complexity index is 873. The molecule has 0 radical (unpaired) electrons. The zero-order chi connectivity index (χ0) is 20.2. The number of amides is 1. The first kappa shape index (κ1) is 20.4. The standard InChI is InChI=1S/C19H19ClN2O5/c1-19(2,3)12-4-6-13(7-5-12)21-17(23)11-27-18(24)15-9-8-14(22(25)26)10-16(15)20/h4-10H,11H2,1-3H3,(H,21,23). The second kappa shape index (κ2) is 8.18. The van der Waals surface area contributed by atoms with E-state index in [1.807, 2.05) is 12.1 Å². The highest BCUT2D eigenvalue weighted by molar-refractivity contribution is 6.33. The molecule has 1 amide bonds. The first-order valence-electron chi connectivity index (χ1n) is 8.09. The monoisotopic (exact) mass is 390 g/mol. The molecule has 0 saturated carbocycles. The number of non-ortho nitro benzene ring substituents is 1. The second-order valence-corrected chi connectivity index (χ2v) is 7.28. The zero-order valence-corrected chi connectivity index (χ0v) is 15.9. The van der Waals surface area contributed by atoms with Crippen molar-refractivity contribution in [3.63, 3.8) is 0 Å². The average Bonchev–Trinajstić information content (AvgIpc) is 2.59. The molecule has 0 unspecified atom stereocenters. The first-order chi connectivity index (χ1) is 12.6. The Balaban J connectivity index is 1.93. The molecule has 0 aromatic heterocycles. The van der Waals surface area contributed by atoms with Crippen LogP contribution < -0.4 is 5.32 Å². The van der Waals surface area contributed by atoms with E-state index in [1.54, 1.807) is 12.1 Å². The van der Waals surface area contributed by atoms with Gasteiger partial charge in [0.15, 0.2) is 6.61 Å². The van der Waals surface area contributed by atoms with E-state index in [0.29, 0.717) is 5.69 Å². The van der Waals surface area contributed by atoms with Crippen molar-refractivity contribution < 1.29 is 19.2 Å². The third kappa shape index (κ3) is 5.52. The maximum atomic E-state index is 12.0. The predicted molar refractivity (Wildman–Crippen MR) is 102 cm³/mol. The van der Waals surface area contributed by atoms with Gasteiger partial charge >= 0.3 is 5.97 Å². The molecular formula is C19H19ClN2O5. The van der Waals surface area contributed by atoms with Crippen LogP contribution in [0.15, 0.2) is 42.5 Å². The average molecular weight is 391 g/mol. The van der Waals surface area contributed by atoms with Gasteiger partial charge in [0.25, 0.3) is 11.6 Å². The molecule has 0 aliphatic heterocycles. The van der Waals surface area contributed by atoms with Gasteiger partial charge in [-0.05, 0) is 29.2 Å². The van der Waals surface area contributed by atoms with Gasteiger partial charge in [-0.25, -0.2) is 4.79 Å². The number of carbonyl (C=O) groups excluding carboxylic acids is 2. The first-order valence-corrected chi connectivity index (χ1v) is 8.47. The number of nitro groups is 1. The van der Waals surface area contributed by atoms with Crippen molar-refractivity contribution in [1.82, 2.24) is 0 Å². The summed E-state index contributed by atoms with van der Waals surface area (Å²) in [5.41, 5.74) is 1.41. The van der Waals surface area contributed by atoms with Gasteiger partial charge < -0.3 is 10.1 Å². The normalized spacial score (nSPS) is 11.0. The summed E-state index contributed by atoms with van der Waals surface area (Å²) in [5.74, 6) is -1.35. The number of carbonyl (C=O) groups is 2. The minimum atomic E-state index is -0.840. The lowest BCUT2D eigenvalue weighted by atomic mass is 9.87. The number of ether oxygens (including phenoxy) is 1. The fraction of sp³-hybridized carbons (Fsp3) is 0.263. The van der Waals surface area contributed by atoms with E-state index < -0.39 is 23.4 Å². The van der Waals surface area contributed by atoms with Gasteiger partial charge in [0, 0.05) is 17.8 Å². The van der Waals surface area contributed by atoms with Crippen molar-refractivity contribution in [1.29, 1.82) is 0 Å². The van der Waals surface area contributed by atoms with E-state index in [2.05, 4.69) is 26.1 Å². The summed E-state index contributed by atoms with van der Waals surface area (Å²) >= 11 is 5.86. The molecule has 27 heavy (non-hydrogen) atoms. The summed E-state index contributed by atoms with van der Waals surface area (Å²) in [5, 5.41) is 13.2. The zero-order valence-electron chi connectivity index (χ0n) is 15.1. The Hall–Kier alpha value is -2.93. The number of esters is 1. The Morgan fingerprint density at radius 2 is 1.78 bits per heavy atom. The third-order valence-corrected chi connectivity index (χ3v) is 4.07. The van der Waals surface area contributed by atoms with Crippen LogP contribution in [-0.4, -0.2) is 23.4 Å². The summed E-state index contributed by atoms with van der Waals surface area (Å²) in [6.45, 7) is 5.75. The number of benzene rings is 2. The number of nitro benzene ring substituents is 1. The van der Waals surface area contributed by atoms with Crippen molar-refractivity contribution in [3.8, 4) is 0 Å². The Morgan fingerprint density at radius 1 is 1.15 bits per heavy atom. The number of hydrogen-bond acceptors (Lipinski definition) is 5. The van der Waals surface area contributed by atoms with E-state index in [-0.39, 0.29) is 21.7 Å². The molecule has 0 bridgehead atoms. The third-order valence-electron chi connectivity index (χ3n) is 3.75. The predicted octanol–water partition coefficient (Wildman–Crippen LogP) is 4.34. The molecule has 0 spiro atoms. The number of hydrogen-bond donors (Lipinski definition) is 1. The van der Waals surface area contributed by atoms with Crippen LogP contribution in [0.2, 0.25) is 5.02 Å². The van der Waals surface area contributed by atoms with Crippen LogP contribution in [0.1, 0.15) is 36.7 Å². The van der Waals surface area contributed by atoms with E-state index in [0.717, 1.165) is 17.7 Å². The van der Waals surface area contributed by atoms with Crippen LogP contribution in [0, 0.1) is 10.1 Å². The Kier molecular flexibility index (Phi) is 6.17. The van der Waals surface area contributed by atoms with Crippen LogP contribution >= 0.6 is 11.6 Å². The van der Waals surface area contributed by atoms with Crippen LogP contribution in [0.3, 0.4) is 0 Å².